The smallest absolute Gasteiger partial charge is 0.306 e. The van der Waals surface area contributed by atoms with E-state index in [1.165, 1.54) is 161 Å². The fraction of sp³-hybridized carbons (Fsp3) is 0.757. The van der Waals surface area contributed by atoms with Gasteiger partial charge in [0, 0.05) is 6.42 Å². The van der Waals surface area contributed by atoms with Crippen molar-refractivity contribution >= 4 is 11.9 Å². The lowest BCUT2D eigenvalue weighted by atomic mass is 9.99. The first-order valence-electron chi connectivity index (χ1n) is 35.0. The van der Waals surface area contributed by atoms with Crippen molar-refractivity contribution in [1.29, 1.82) is 0 Å². The third-order valence-corrected chi connectivity index (χ3v) is 16.0. The van der Waals surface area contributed by atoms with Crippen LogP contribution in [0.5, 0.6) is 0 Å². The van der Waals surface area contributed by atoms with Gasteiger partial charge < -0.3 is 45.1 Å². The van der Waals surface area contributed by atoms with Crippen LogP contribution in [0, 0.1) is 0 Å². The molecule has 0 saturated carbocycles. The van der Waals surface area contributed by atoms with Crippen LogP contribution in [0.1, 0.15) is 297 Å². The highest BCUT2D eigenvalue weighted by Crippen LogP contribution is 2.26. The van der Waals surface area contributed by atoms with Crippen molar-refractivity contribution in [3.63, 3.8) is 0 Å². The summed E-state index contributed by atoms with van der Waals surface area (Å²) < 4.78 is 17.7. The summed E-state index contributed by atoms with van der Waals surface area (Å²) in [5, 5.41) is 57.1. The van der Waals surface area contributed by atoms with E-state index in [4.69, 9.17) is 14.2 Å². The van der Waals surface area contributed by atoms with Crippen LogP contribution < -0.4 is 5.32 Å². The minimum Gasteiger partial charge on any atom is -0.454 e. The molecule has 1 aliphatic heterocycles. The summed E-state index contributed by atoms with van der Waals surface area (Å²) in [5.41, 5.74) is 0. The predicted molar refractivity (Wildman–Crippen MR) is 356 cm³/mol. The largest absolute Gasteiger partial charge is 0.454 e. The molecule has 0 aromatic carbocycles. The molecule has 1 amide bonds. The summed E-state index contributed by atoms with van der Waals surface area (Å²) in [6.07, 6.45) is 71.7. The highest BCUT2D eigenvalue weighted by Gasteiger charge is 2.47. The van der Waals surface area contributed by atoms with Crippen molar-refractivity contribution in [2.24, 2.45) is 0 Å². The van der Waals surface area contributed by atoms with Crippen LogP contribution in [0.15, 0.2) is 97.2 Å². The highest BCUT2D eigenvalue weighted by atomic mass is 16.7. The van der Waals surface area contributed by atoms with Crippen LogP contribution in [0.25, 0.3) is 0 Å². The van der Waals surface area contributed by atoms with Gasteiger partial charge in [-0.2, -0.15) is 0 Å². The number of hydrogen-bond acceptors (Lipinski definition) is 10. The molecule has 85 heavy (non-hydrogen) atoms. The van der Waals surface area contributed by atoms with E-state index in [0.717, 1.165) is 83.5 Å². The van der Waals surface area contributed by atoms with Crippen molar-refractivity contribution in [1.82, 2.24) is 5.32 Å². The molecule has 1 heterocycles. The monoisotopic (exact) mass is 1190 g/mol. The molecule has 1 rings (SSSR count). The van der Waals surface area contributed by atoms with Crippen LogP contribution in [-0.4, -0.2) is 99.6 Å². The fourth-order valence-electron chi connectivity index (χ4n) is 10.5. The number of ether oxygens (including phenoxy) is 3. The summed E-state index contributed by atoms with van der Waals surface area (Å²) in [6.45, 7) is 5.66. The van der Waals surface area contributed by atoms with E-state index in [-0.39, 0.29) is 19.4 Å². The van der Waals surface area contributed by atoms with E-state index in [2.05, 4.69) is 105 Å². The number of aliphatic hydroxyl groups excluding tert-OH is 5. The molecule has 0 aromatic rings. The number of nitrogens with one attached hydrogen (secondary N) is 1. The van der Waals surface area contributed by atoms with Crippen molar-refractivity contribution in [3.05, 3.63) is 97.2 Å². The van der Waals surface area contributed by atoms with Gasteiger partial charge in [0.25, 0.3) is 0 Å². The number of carbonyl (C=O) groups is 2. The second kappa shape index (κ2) is 60.8. The number of unbranched alkanes of at least 4 members (excludes halogenated alkanes) is 31. The Hall–Kier alpha value is -3.42. The van der Waals surface area contributed by atoms with Crippen molar-refractivity contribution in [2.45, 2.75) is 346 Å². The van der Waals surface area contributed by atoms with Gasteiger partial charge in [-0.25, -0.2) is 0 Å². The second-order valence-corrected chi connectivity index (χ2v) is 23.9. The number of rotatable bonds is 59. The van der Waals surface area contributed by atoms with Crippen molar-refractivity contribution in [3.8, 4) is 0 Å². The summed E-state index contributed by atoms with van der Waals surface area (Å²) in [5.74, 6) is -1.24. The lowest BCUT2D eigenvalue weighted by Gasteiger charge is -2.41. The van der Waals surface area contributed by atoms with Crippen LogP contribution >= 0.6 is 0 Å². The van der Waals surface area contributed by atoms with Gasteiger partial charge in [0.05, 0.1) is 25.4 Å². The summed E-state index contributed by atoms with van der Waals surface area (Å²) >= 11 is 0. The van der Waals surface area contributed by atoms with Crippen molar-refractivity contribution < 1.29 is 49.3 Å². The van der Waals surface area contributed by atoms with Crippen molar-refractivity contribution in [2.75, 3.05) is 13.2 Å². The van der Waals surface area contributed by atoms with Crippen LogP contribution in [0.2, 0.25) is 0 Å². The maximum absolute atomic E-state index is 13.4. The average Bonchev–Trinajstić information content (AvgIpc) is 3.60. The number of allylic oxidation sites excluding steroid dienone is 15. The molecule has 1 aliphatic rings. The molecule has 1 fully saturated rings. The van der Waals surface area contributed by atoms with Gasteiger partial charge in [-0.1, -0.05) is 285 Å². The molecule has 6 N–H and O–H groups in total. The molecule has 8 atom stereocenters. The third-order valence-electron chi connectivity index (χ3n) is 16.0. The molecule has 0 aliphatic carbocycles. The minimum absolute atomic E-state index is 0.116. The van der Waals surface area contributed by atoms with Gasteiger partial charge in [-0.3, -0.25) is 9.59 Å². The topological polar surface area (TPSA) is 175 Å². The maximum Gasteiger partial charge on any atom is 0.306 e. The maximum atomic E-state index is 13.4. The lowest BCUT2D eigenvalue weighted by Crippen LogP contribution is -2.61. The Balaban J connectivity index is 2.59. The third kappa shape index (κ3) is 48.2. The number of hydrogen-bond donors (Lipinski definition) is 6. The Morgan fingerprint density at radius 2 is 0.847 bits per heavy atom. The van der Waals surface area contributed by atoms with E-state index in [1.54, 1.807) is 6.08 Å². The van der Waals surface area contributed by atoms with Crippen LogP contribution in [0.4, 0.5) is 0 Å². The predicted octanol–water partition coefficient (Wildman–Crippen LogP) is 17.8. The molecule has 11 nitrogen and oxygen atoms in total. The lowest BCUT2D eigenvalue weighted by molar-refractivity contribution is -0.305. The Labute approximate surface area is 520 Å². The minimum atomic E-state index is -1.63. The Kier molecular flexibility index (Phi) is 57.0. The zero-order valence-electron chi connectivity index (χ0n) is 54.5. The van der Waals surface area contributed by atoms with Crippen LogP contribution in [0.3, 0.4) is 0 Å². The zero-order chi connectivity index (χ0) is 61.7. The SMILES string of the molecule is CC/C=C\C/C=C\C/C=C\C/C=C\C/C=C\C/C=C\CCCC(O)C(=O)NC(COC1OC(CO)C(O)C(O)C1OC(=O)CCCCCCCCCCCCCCCCC/C=C/CCCCCCCC)C(O)/C=C/CCCCCCCCCCC. The van der Waals surface area contributed by atoms with E-state index >= 15 is 0 Å². The Morgan fingerprint density at radius 3 is 1.28 bits per heavy atom. The molecular weight excluding hydrogens is 1060 g/mol. The summed E-state index contributed by atoms with van der Waals surface area (Å²) in [7, 11) is 0. The molecule has 0 bridgehead atoms. The summed E-state index contributed by atoms with van der Waals surface area (Å²) in [4.78, 5) is 26.6. The molecule has 490 valence electrons. The first-order valence-corrected chi connectivity index (χ1v) is 35.0. The molecule has 0 aromatic heterocycles. The van der Waals surface area contributed by atoms with Gasteiger partial charge in [0.2, 0.25) is 5.91 Å². The van der Waals surface area contributed by atoms with Gasteiger partial charge >= 0.3 is 5.97 Å². The van der Waals surface area contributed by atoms with E-state index in [9.17, 15) is 35.1 Å². The zero-order valence-corrected chi connectivity index (χ0v) is 54.5. The van der Waals surface area contributed by atoms with Gasteiger partial charge in [0.1, 0.15) is 24.4 Å². The molecule has 1 saturated heterocycles. The number of aliphatic hydroxyl groups is 5. The number of esters is 1. The van der Waals surface area contributed by atoms with Gasteiger partial charge in [-0.15, -0.1) is 0 Å². The average molecular weight is 1190 g/mol. The number of amides is 1. The molecule has 8 unspecified atom stereocenters. The first-order chi connectivity index (χ1) is 41.7. The van der Waals surface area contributed by atoms with E-state index in [0.29, 0.717) is 19.3 Å². The normalized spacial score (nSPS) is 19.0. The molecule has 0 spiro atoms. The standard InChI is InChI=1S/C74H129NO10/c1-4-7-10-13-16-19-22-24-26-28-30-32-33-34-35-36-38-40-42-44-47-50-53-56-59-62-69(79)85-72-71(81)70(80)68(63-76)84-74(72)83-64-65(66(77)60-57-54-51-48-45-21-18-15-12-9-6-3)75-73(82)67(78)61-58-55-52-49-46-43-41-39-37-31-29-27-25-23-20-17-14-11-8-5-2/h8,11,17,20,24-27,31,37,41,43,49,52,57,60,65-68,70-72,74,76-78,80-81H,4-7,9-10,12-16,18-19,21-23,28-30,32-36,38-40,42,44-48,50-51,53-56,58-59,61-64H2,1-3H3,(H,75,82)/b11-8-,20-17-,26-24+,27-25-,37-31-,43-41-,52-49-,60-57+. The highest BCUT2D eigenvalue weighted by molar-refractivity contribution is 5.80. The van der Waals surface area contributed by atoms with E-state index in [1.807, 2.05) is 12.2 Å². The quantitative estimate of drug-likeness (QED) is 0.0195. The van der Waals surface area contributed by atoms with E-state index < -0.39 is 67.4 Å². The molecule has 11 heteroatoms. The van der Waals surface area contributed by atoms with Gasteiger partial charge in [0.15, 0.2) is 12.4 Å². The Morgan fingerprint density at radius 1 is 0.471 bits per heavy atom. The fourth-order valence-corrected chi connectivity index (χ4v) is 10.5. The number of carbonyl (C=O) groups excluding carboxylic acids is 2. The molecular formula is C74H129NO10. The summed E-state index contributed by atoms with van der Waals surface area (Å²) in [6, 6.07) is -1.05. The molecule has 0 radical (unpaired) electrons. The van der Waals surface area contributed by atoms with Crippen LogP contribution in [-0.2, 0) is 23.8 Å². The first kappa shape index (κ1) is 79.6. The Bertz CT molecular complexity index is 1750. The van der Waals surface area contributed by atoms with Gasteiger partial charge in [-0.05, 0) is 103 Å². The second-order valence-electron chi connectivity index (χ2n) is 23.9.